The molecule has 0 bridgehead atoms. The van der Waals surface area contributed by atoms with Crippen molar-refractivity contribution in [2.45, 2.75) is 51.2 Å². The van der Waals surface area contributed by atoms with Crippen molar-refractivity contribution in [1.29, 1.82) is 0 Å². The first-order valence-corrected chi connectivity index (χ1v) is 7.66. The van der Waals surface area contributed by atoms with Gasteiger partial charge in [-0.2, -0.15) is 0 Å². The summed E-state index contributed by atoms with van der Waals surface area (Å²) in [5, 5.41) is 3.29. The lowest BCUT2D eigenvalue weighted by atomic mass is 10.0. The summed E-state index contributed by atoms with van der Waals surface area (Å²) in [7, 11) is 5.79. The summed E-state index contributed by atoms with van der Waals surface area (Å²) in [5.41, 5.74) is 0. The van der Waals surface area contributed by atoms with Crippen molar-refractivity contribution in [3.8, 4) is 0 Å². The molecule has 0 saturated carbocycles. The molecule has 1 N–H and O–H groups in total. The lowest BCUT2D eigenvalue weighted by Gasteiger charge is -2.36. The van der Waals surface area contributed by atoms with E-state index in [1.165, 1.54) is 26.5 Å². The molecule has 1 fully saturated rings. The highest BCUT2D eigenvalue weighted by atomic mass is 16.5. The number of nitrogens with one attached hydrogen (secondary N) is 1. The van der Waals surface area contributed by atoms with E-state index < -0.39 is 0 Å². The van der Waals surface area contributed by atoms with Gasteiger partial charge in [0.15, 0.2) is 0 Å². The van der Waals surface area contributed by atoms with Crippen molar-refractivity contribution in [3.05, 3.63) is 0 Å². The van der Waals surface area contributed by atoms with Gasteiger partial charge in [-0.25, -0.2) is 0 Å². The van der Waals surface area contributed by atoms with Gasteiger partial charge < -0.3 is 19.9 Å². The van der Waals surface area contributed by atoms with Gasteiger partial charge in [-0.05, 0) is 39.9 Å². The fourth-order valence-electron chi connectivity index (χ4n) is 2.83. The SMILES string of the molecule is COC(=O)C(CCN(C)C1CCCN(C)C1)NC(C)C. The predicted molar refractivity (Wildman–Crippen MR) is 81.8 cm³/mol. The van der Waals surface area contributed by atoms with Gasteiger partial charge in [0.2, 0.25) is 0 Å². The van der Waals surface area contributed by atoms with Crippen molar-refractivity contribution in [1.82, 2.24) is 15.1 Å². The maximum atomic E-state index is 11.8. The Hall–Kier alpha value is -0.650. The van der Waals surface area contributed by atoms with Crippen molar-refractivity contribution in [2.24, 2.45) is 0 Å². The summed E-state index contributed by atoms with van der Waals surface area (Å²) in [4.78, 5) is 16.5. The van der Waals surface area contributed by atoms with Gasteiger partial charge in [0.05, 0.1) is 7.11 Å². The number of piperidine rings is 1. The van der Waals surface area contributed by atoms with E-state index in [2.05, 4.69) is 43.1 Å². The topological polar surface area (TPSA) is 44.8 Å². The van der Waals surface area contributed by atoms with Gasteiger partial charge in [0.25, 0.3) is 0 Å². The number of hydrogen-bond donors (Lipinski definition) is 1. The quantitative estimate of drug-likeness (QED) is 0.705. The van der Waals surface area contributed by atoms with E-state index >= 15 is 0 Å². The average molecular weight is 285 g/mol. The van der Waals surface area contributed by atoms with Crippen molar-refractivity contribution in [2.75, 3.05) is 40.8 Å². The number of carbonyl (C=O) groups is 1. The molecule has 5 nitrogen and oxygen atoms in total. The van der Waals surface area contributed by atoms with Crippen LogP contribution in [0, 0.1) is 0 Å². The van der Waals surface area contributed by atoms with Gasteiger partial charge in [0, 0.05) is 25.2 Å². The minimum Gasteiger partial charge on any atom is -0.468 e. The number of rotatable bonds is 7. The van der Waals surface area contributed by atoms with Crippen LogP contribution in [-0.2, 0) is 9.53 Å². The summed E-state index contributed by atoms with van der Waals surface area (Å²) < 4.78 is 4.88. The molecular formula is C15H31N3O2. The zero-order chi connectivity index (χ0) is 15.1. The first kappa shape index (κ1) is 17.4. The number of esters is 1. The number of hydrogen-bond acceptors (Lipinski definition) is 5. The van der Waals surface area contributed by atoms with Crippen LogP contribution in [-0.4, -0.2) is 74.7 Å². The molecule has 20 heavy (non-hydrogen) atoms. The maximum absolute atomic E-state index is 11.8. The molecule has 2 unspecified atom stereocenters. The number of likely N-dealkylation sites (N-methyl/N-ethyl adjacent to an activating group) is 2. The standard InChI is InChI=1S/C15H31N3O2/c1-12(2)16-14(15(19)20-5)8-10-18(4)13-7-6-9-17(3)11-13/h12-14,16H,6-11H2,1-5H3. The van der Waals surface area contributed by atoms with Crippen LogP contribution in [0.25, 0.3) is 0 Å². The van der Waals surface area contributed by atoms with Crippen molar-refractivity contribution < 1.29 is 9.53 Å². The molecule has 0 aromatic heterocycles. The summed E-state index contributed by atoms with van der Waals surface area (Å²) in [6, 6.07) is 0.681. The predicted octanol–water partition coefficient (Wildman–Crippen LogP) is 0.942. The lowest BCUT2D eigenvalue weighted by Crippen LogP contribution is -2.48. The lowest BCUT2D eigenvalue weighted by molar-refractivity contribution is -0.143. The molecule has 0 aromatic rings. The molecule has 5 heteroatoms. The largest absolute Gasteiger partial charge is 0.468 e. The van der Waals surface area contributed by atoms with Crippen LogP contribution in [0.15, 0.2) is 0 Å². The van der Waals surface area contributed by atoms with Crippen LogP contribution < -0.4 is 5.32 Å². The second-order valence-corrected chi connectivity index (χ2v) is 6.22. The molecule has 118 valence electrons. The number of likely N-dealkylation sites (tertiary alicyclic amines) is 1. The Bertz CT molecular complexity index is 297. The van der Waals surface area contributed by atoms with E-state index in [9.17, 15) is 4.79 Å². The molecule has 0 amide bonds. The number of nitrogens with zero attached hydrogens (tertiary/aromatic N) is 2. The van der Waals surface area contributed by atoms with E-state index in [0.717, 1.165) is 19.5 Å². The van der Waals surface area contributed by atoms with Gasteiger partial charge in [-0.15, -0.1) is 0 Å². The monoisotopic (exact) mass is 285 g/mol. The second-order valence-electron chi connectivity index (χ2n) is 6.22. The molecule has 1 heterocycles. The van der Waals surface area contributed by atoms with Gasteiger partial charge in [-0.1, -0.05) is 13.8 Å². The normalized spacial score (nSPS) is 22.2. The van der Waals surface area contributed by atoms with Crippen LogP contribution in [0.3, 0.4) is 0 Å². The minimum atomic E-state index is -0.205. The zero-order valence-corrected chi connectivity index (χ0v) is 13.7. The molecular weight excluding hydrogens is 254 g/mol. The van der Waals surface area contributed by atoms with Crippen LogP contribution in [0.4, 0.5) is 0 Å². The number of ether oxygens (including phenoxy) is 1. The van der Waals surface area contributed by atoms with Crippen LogP contribution in [0.5, 0.6) is 0 Å². The third-order valence-electron chi connectivity index (χ3n) is 4.01. The fraction of sp³-hybridized carbons (Fsp3) is 0.933. The third kappa shape index (κ3) is 5.77. The Balaban J connectivity index is 2.42. The van der Waals surface area contributed by atoms with E-state index in [1.54, 1.807) is 0 Å². The molecule has 1 rings (SSSR count). The summed E-state index contributed by atoms with van der Waals surface area (Å²) in [5.74, 6) is -0.159. The Kier molecular flexibility index (Phi) is 7.48. The van der Waals surface area contributed by atoms with Crippen LogP contribution >= 0.6 is 0 Å². The Morgan fingerprint density at radius 1 is 1.50 bits per heavy atom. The third-order valence-corrected chi connectivity index (χ3v) is 4.01. The van der Waals surface area contributed by atoms with Crippen molar-refractivity contribution in [3.63, 3.8) is 0 Å². The van der Waals surface area contributed by atoms with Gasteiger partial charge in [-0.3, -0.25) is 4.79 Å². The molecule has 1 saturated heterocycles. The Morgan fingerprint density at radius 2 is 2.20 bits per heavy atom. The molecule has 1 aliphatic rings. The number of carbonyl (C=O) groups excluding carboxylic acids is 1. The summed E-state index contributed by atoms with van der Waals surface area (Å²) in [6.07, 6.45) is 3.30. The summed E-state index contributed by atoms with van der Waals surface area (Å²) >= 11 is 0. The smallest absolute Gasteiger partial charge is 0.322 e. The second kappa shape index (κ2) is 8.60. The maximum Gasteiger partial charge on any atom is 0.322 e. The zero-order valence-electron chi connectivity index (χ0n) is 13.7. The van der Waals surface area contributed by atoms with Crippen LogP contribution in [0.1, 0.15) is 33.1 Å². The van der Waals surface area contributed by atoms with Gasteiger partial charge >= 0.3 is 5.97 Å². The highest BCUT2D eigenvalue weighted by Crippen LogP contribution is 2.14. The van der Waals surface area contributed by atoms with Crippen molar-refractivity contribution >= 4 is 5.97 Å². The molecule has 0 aliphatic carbocycles. The Labute approximate surface area is 123 Å². The minimum absolute atomic E-state index is 0.159. The average Bonchev–Trinajstić information content (AvgIpc) is 2.41. The summed E-state index contributed by atoms with van der Waals surface area (Å²) in [6.45, 7) is 7.34. The van der Waals surface area contributed by atoms with Gasteiger partial charge in [0.1, 0.15) is 6.04 Å². The number of methoxy groups -OCH3 is 1. The highest BCUT2D eigenvalue weighted by molar-refractivity contribution is 5.75. The molecule has 2 atom stereocenters. The molecule has 0 spiro atoms. The fourth-order valence-corrected chi connectivity index (χ4v) is 2.83. The highest BCUT2D eigenvalue weighted by Gasteiger charge is 2.24. The van der Waals surface area contributed by atoms with E-state index in [-0.39, 0.29) is 18.1 Å². The first-order valence-electron chi connectivity index (χ1n) is 7.66. The van der Waals surface area contributed by atoms with E-state index in [4.69, 9.17) is 4.74 Å². The molecule has 1 aliphatic heterocycles. The molecule has 0 radical (unpaired) electrons. The first-order chi connectivity index (χ1) is 9.43. The van der Waals surface area contributed by atoms with E-state index in [0.29, 0.717) is 6.04 Å². The van der Waals surface area contributed by atoms with E-state index in [1.807, 2.05) is 0 Å². The molecule has 0 aromatic carbocycles. The van der Waals surface area contributed by atoms with Crippen LogP contribution in [0.2, 0.25) is 0 Å². The Morgan fingerprint density at radius 3 is 2.75 bits per heavy atom.